The van der Waals surface area contributed by atoms with Gasteiger partial charge in [0, 0.05) is 29.9 Å². The summed E-state index contributed by atoms with van der Waals surface area (Å²) < 4.78 is 40.8. The highest BCUT2D eigenvalue weighted by Crippen LogP contribution is 2.31. The van der Waals surface area contributed by atoms with Crippen molar-refractivity contribution in [2.75, 3.05) is 10.6 Å². The smallest absolute Gasteiger partial charge is 0.332 e. The van der Waals surface area contributed by atoms with Gasteiger partial charge in [-0.1, -0.05) is 24.6 Å². The molecule has 1 aliphatic rings. The number of thiocarbonyl (C=S) groups is 1. The average molecular weight is 431 g/mol. The third kappa shape index (κ3) is 4.62. The van der Waals surface area contributed by atoms with Crippen LogP contribution >= 0.6 is 12.2 Å². The van der Waals surface area contributed by atoms with Crippen molar-refractivity contribution in [3.8, 4) is 11.4 Å². The van der Waals surface area contributed by atoms with Crippen molar-refractivity contribution < 1.29 is 13.2 Å². The molecule has 2 aromatic carbocycles. The first-order valence-electron chi connectivity index (χ1n) is 9.68. The summed E-state index contributed by atoms with van der Waals surface area (Å²) in [7, 11) is 0. The summed E-state index contributed by atoms with van der Waals surface area (Å²) in [4.78, 5) is 0. The minimum Gasteiger partial charge on any atom is -0.332 e. The lowest BCUT2D eigenvalue weighted by molar-refractivity contribution is -0.137. The summed E-state index contributed by atoms with van der Waals surface area (Å²) in [5, 5.41) is 14.7. The van der Waals surface area contributed by atoms with Gasteiger partial charge in [-0.2, -0.15) is 13.2 Å². The molecule has 0 fully saturated rings. The van der Waals surface area contributed by atoms with Gasteiger partial charge in [-0.15, -0.1) is 10.2 Å². The number of nitrogens with one attached hydrogen (secondary N) is 2. The van der Waals surface area contributed by atoms with E-state index in [1.165, 1.54) is 18.6 Å². The molecule has 3 aromatic rings. The van der Waals surface area contributed by atoms with Crippen molar-refractivity contribution in [1.29, 1.82) is 0 Å². The second kappa shape index (κ2) is 8.43. The minimum absolute atomic E-state index is 0.201. The van der Waals surface area contributed by atoms with Gasteiger partial charge in [0.1, 0.15) is 5.82 Å². The molecule has 4 rings (SSSR count). The van der Waals surface area contributed by atoms with E-state index in [1.807, 2.05) is 24.3 Å². The Bertz CT molecular complexity index is 1060. The van der Waals surface area contributed by atoms with Gasteiger partial charge in [-0.25, -0.2) is 0 Å². The highest BCUT2D eigenvalue weighted by atomic mass is 32.1. The fourth-order valence-electron chi connectivity index (χ4n) is 3.50. The fourth-order valence-corrected chi connectivity index (χ4v) is 3.74. The number of rotatable bonds is 3. The standard InChI is InChI=1S/C21H20F3N5S/c22-21(23,24)15-7-5-9-17(13-15)26-20(30)25-16-8-4-6-14(12-16)19-28-27-18-10-2-1-3-11-29(18)19/h4-9,12-13H,1-3,10-11H2,(H2,25,26,30). The normalized spacial score (nSPS) is 14.0. The molecule has 0 amide bonds. The lowest BCUT2D eigenvalue weighted by Crippen LogP contribution is -2.19. The van der Waals surface area contributed by atoms with Crippen LogP contribution in [0.1, 0.15) is 30.7 Å². The molecule has 0 atom stereocenters. The zero-order chi connectivity index (χ0) is 21.1. The fraction of sp³-hybridized carbons (Fsp3) is 0.286. The molecule has 9 heteroatoms. The monoisotopic (exact) mass is 431 g/mol. The van der Waals surface area contributed by atoms with Crippen LogP contribution in [-0.2, 0) is 19.1 Å². The van der Waals surface area contributed by atoms with E-state index in [0.717, 1.165) is 55.2 Å². The van der Waals surface area contributed by atoms with Crippen molar-refractivity contribution in [2.45, 2.75) is 38.4 Å². The van der Waals surface area contributed by atoms with Crippen molar-refractivity contribution in [2.24, 2.45) is 0 Å². The zero-order valence-electron chi connectivity index (χ0n) is 16.0. The molecule has 2 N–H and O–H groups in total. The summed E-state index contributed by atoms with van der Waals surface area (Å²) in [6.45, 7) is 0.894. The zero-order valence-corrected chi connectivity index (χ0v) is 16.9. The van der Waals surface area contributed by atoms with Gasteiger partial charge in [0.05, 0.1) is 5.56 Å². The van der Waals surface area contributed by atoms with Gasteiger partial charge < -0.3 is 15.2 Å². The third-order valence-electron chi connectivity index (χ3n) is 4.94. The molecule has 1 aromatic heterocycles. The Hall–Kier alpha value is -2.94. The van der Waals surface area contributed by atoms with E-state index in [-0.39, 0.29) is 10.8 Å². The molecule has 5 nitrogen and oxygen atoms in total. The number of fused-ring (bicyclic) bond motifs is 1. The van der Waals surface area contributed by atoms with Crippen LogP contribution in [0.2, 0.25) is 0 Å². The maximum absolute atomic E-state index is 12.9. The van der Waals surface area contributed by atoms with Crippen LogP contribution in [0.15, 0.2) is 48.5 Å². The summed E-state index contributed by atoms with van der Waals surface area (Å²) in [6, 6.07) is 12.5. The summed E-state index contributed by atoms with van der Waals surface area (Å²) in [5.41, 5.74) is 1.15. The minimum atomic E-state index is -4.41. The van der Waals surface area contributed by atoms with Gasteiger partial charge >= 0.3 is 6.18 Å². The predicted molar refractivity (Wildman–Crippen MR) is 114 cm³/mol. The number of alkyl halides is 3. The van der Waals surface area contributed by atoms with Crippen LogP contribution < -0.4 is 10.6 Å². The van der Waals surface area contributed by atoms with Crippen LogP contribution in [0.25, 0.3) is 11.4 Å². The van der Waals surface area contributed by atoms with Crippen molar-refractivity contribution >= 4 is 28.7 Å². The van der Waals surface area contributed by atoms with Crippen LogP contribution in [-0.4, -0.2) is 19.9 Å². The van der Waals surface area contributed by atoms with Crippen LogP contribution in [0.3, 0.4) is 0 Å². The first kappa shape index (κ1) is 20.3. The molecule has 0 unspecified atom stereocenters. The van der Waals surface area contributed by atoms with Crippen LogP contribution in [0.4, 0.5) is 24.5 Å². The molecule has 30 heavy (non-hydrogen) atoms. The Labute approximate surface area is 177 Å². The summed E-state index contributed by atoms with van der Waals surface area (Å²) >= 11 is 5.28. The summed E-state index contributed by atoms with van der Waals surface area (Å²) in [5.74, 6) is 1.81. The largest absolute Gasteiger partial charge is 0.416 e. The number of aromatic nitrogens is 3. The van der Waals surface area contributed by atoms with Gasteiger partial charge in [-0.05, 0) is 55.4 Å². The molecule has 1 aliphatic heterocycles. The van der Waals surface area contributed by atoms with E-state index in [1.54, 1.807) is 0 Å². The number of nitrogens with zero attached hydrogens (tertiary/aromatic N) is 3. The molecule has 0 spiro atoms. The molecule has 156 valence electrons. The first-order valence-corrected chi connectivity index (χ1v) is 10.1. The molecule has 2 heterocycles. The van der Waals surface area contributed by atoms with Gasteiger partial charge in [0.15, 0.2) is 10.9 Å². The maximum atomic E-state index is 12.9. The Morgan fingerprint density at radius 2 is 1.67 bits per heavy atom. The molecule has 0 aliphatic carbocycles. The number of halogens is 3. The van der Waals surface area contributed by atoms with Crippen LogP contribution in [0, 0.1) is 0 Å². The molecule has 0 bridgehead atoms. The number of aryl methyl sites for hydroxylation is 1. The SMILES string of the molecule is FC(F)(F)c1cccc(NC(=S)Nc2cccc(-c3nnc4n3CCCCC4)c2)c1. The Morgan fingerprint density at radius 3 is 2.43 bits per heavy atom. The van der Waals surface area contributed by atoms with Gasteiger partial charge in [0.25, 0.3) is 0 Å². The lowest BCUT2D eigenvalue weighted by Gasteiger charge is -2.13. The predicted octanol–water partition coefficient (Wildman–Crippen LogP) is 5.50. The molecular weight excluding hydrogens is 411 g/mol. The Balaban J connectivity index is 1.49. The van der Waals surface area contributed by atoms with E-state index in [4.69, 9.17) is 12.2 Å². The van der Waals surface area contributed by atoms with E-state index < -0.39 is 11.7 Å². The first-order chi connectivity index (χ1) is 14.4. The Morgan fingerprint density at radius 1 is 0.933 bits per heavy atom. The average Bonchev–Trinajstić information content (AvgIpc) is 2.96. The highest BCUT2D eigenvalue weighted by molar-refractivity contribution is 7.80. The molecule has 0 saturated carbocycles. The third-order valence-corrected chi connectivity index (χ3v) is 5.14. The Kier molecular flexibility index (Phi) is 5.72. The summed E-state index contributed by atoms with van der Waals surface area (Å²) in [6.07, 6.45) is -0.0800. The second-order valence-corrected chi connectivity index (χ2v) is 7.55. The van der Waals surface area contributed by atoms with Crippen molar-refractivity contribution in [1.82, 2.24) is 14.8 Å². The number of hydrogen-bond acceptors (Lipinski definition) is 3. The number of hydrogen-bond donors (Lipinski definition) is 2. The number of benzene rings is 2. The number of anilines is 2. The lowest BCUT2D eigenvalue weighted by atomic mass is 10.2. The molecular formula is C21H20F3N5S. The second-order valence-electron chi connectivity index (χ2n) is 7.14. The topological polar surface area (TPSA) is 54.8 Å². The van der Waals surface area contributed by atoms with E-state index >= 15 is 0 Å². The van der Waals surface area contributed by atoms with Gasteiger partial charge in [0.2, 0.25) is 0 Å². The molecule has 0 saturated heterocycles. The van der Waals surface area contributed by atoms with E-state index in [2.05, 4.69) is 25.4 Å². The van der Waals surface area contributed by atoms with Crippen molar-refractivity contribution in [3.63, 3.8) is 0 Å². The van der Waals surface area contributed by atoms with Crippen LogP contribution in [0.5, 0.6) is 0 Å². The van der Waals surface area contributed by atoms with Gasteiger partial charge in [-0.3, -0.25) is 0 Å². The van der Waals surface area contributed by atoms with E-state index in [9.17, 15) is 13.2 Å². The molecule has 0 radical (unpaired) electrons. The van der Waals surface area contributed by atoms with E-state index in [0.29, 0.717) is 5.69 Å². The quantitative estimate of drug-likeness (QED) is 0.537. The highest BCUT2D eigenvalue weighted by Gasteiger charge is 2.30. The van der Waals surface area contributed by atoms with Crippen molar-refractivity contribution in [3.05, 3.63) is 59.9 Å². The maximum Gasteiger partial charge on any atom is 0.416 e.